The second kappa shape index (κ2) is 6.11. The van der Waals surface area contributed by atoms with Crippen molar-refractivity contribution in [3.63, 3.8) is 0 Å². The maximum atomic E-state index is 6.49. The number of hydrogen-bond acceptors (Lipinski definition) is 1. The zero-order valence-electron chi connectivity index (χ0n) is 11.6. The first kappa shape index (κ1) is 13.8. The van der Waals surface area contributed by atoms with Crippen molar-refractivity contribution in [2.45, 2.75) is 5.41 Å². The van der Waals surface area contributed by atoms with Gasteiger partial charge in [0.05, 0.1) is 11.1 Å². The molecule has 0 aliphatic heterocycles. The van der Waals surface area contributed by atoms with Crippen LogP contribution in [0.15, 0.2) is 85.1 Å². The molecule has 0 saturated carbocycles. The summed E-state index contributed by atoms with van der Waals surface area (Å²) in [5.74, 6) is 0.443. The summed E-state index contributed by atoms with van der Waals surface area (Å²) in [5, 5.41) is 0. The standard InChI is InChI=1S/C19H16ClN/c20-15-19(16-9-3-1-4-10-16,17-11-5-2-6-12-17)18-13-7-8-14-21-18/h1-14H,15H2. The van der Waals surface area contributed by atoms with Crippen LogP contribution in [-0.2, 0) is 5.41 Å². The number of alkyl halides is 1. The fraction of sp³-hybridized carbons (Fsp3) is 0.105. The Bertz CT molecular complexity index is 584. The van der Waals surface area contributed by atoms with E-state index in [4.69, 9.17) is 11.6 Å². The van der Waals surface area contributed by atoms with E-state index < -0.39 is 5.41 Å². The smallest absolute Gasteiger partial charge is 0.0759 e. The van der Waals surface area contributed by atoms with E-state index in [-0.39, 0.29) is 0 Å². The Kier molecular flexibility index (Phi) is 4.03. The quantitative estimate of drug-likeness (QED) is 0.638. The van der Waals surface area contributed by atoms with Crippen LogP contribution >= 0.6 is 11.6 Å². The van der Waals surface area contributed by atoms with E-state index in [9.17, 15) is 0 Å². The predicted octanol–water partition coefficient (Wildman–Crippen LogP) is 4.65. The average Bonchev–Trinajstić information content (AvgIpc) is 2.59. The Morgan fingerprint density at radius 1 is 0.714 bits per heavy atom. The van der Waals surface area contributed by atoms with Crippen molar-refractivity contribution in [2.24, 2.45) is 0 Å². The molecule has 1 heterocycles. The number of pyridine rings is 1. The van der Waals surface area contributed by atoms with Gasteiger partial charge in [0, 0.05) is 12.1 Å². The van der Waals surface area contributed by atoms with Gasteiger partial charge in [0.1, 0.15) is 0 Å². The molecule has 0 saturated heterocycles. The lowest BCUT2D eigenvalue weighted by atomic mass is 9.73. The molecule has 1 aromatic heterocycles. The van der Waals surface area contributed by atoms with Crippen LogP contribution in [0.5, 0.6) is 0 Å². The van der Waals surface area contributed by atoms with Gasteiger partial charge in [0.2, 0.25) is 0 Å². The van der Waals surface area contributed by atoms with E-state index in [0.29, 0.717) is 5.88 Å². The number of hydrogen-bond donors (Lipinski definition) is 0. The third kappa shape index (κ3) is 2.45. The minimum Gasteiger partial charge on any atom is -0.260 e. The van der Waals surface area contributed by atoms with Crippen LogP contribution in [0.1, 0.15) is 16.8 Å². The minimum atomic E-state index is -0.425. The fourth-order valence-corrected chi connectivity index (χ4v) is 3.19. The summed E-state index contributed by atoms with van der Waals surface area (Å²) in [6.45, 7) is 0. The highest BCUT2D eigenvalue weighted by molar-refractivity contribution is 6.19. The molecular weight excluding hydrogens is 278 g/mol. The van der Waals surface area contributed by atoms with E-state index in [1.54, 1.807) is 0 Å². The number of rotatable bonds is 4. The summed E-state index contributed by atoms with van der Waals surface area (Å²) in [4.78, 5) is 4.59. The Morgan fingerprint density at radius 2 is 1.24 bits per heavy atom. The van der Waals surface area contributed by atoms with Crippen molar-refractivity contribution in [1.29, 1.82) is 0 Å². The zero-order valence-corrected chi connectivity index (χ0v) is 12.4. The van der Waals surface area contributed by atoms with Crippen molar-refractivity contribution in [3.8, 4) is 0 Å². The van der Waals surface area contributed by atoms with E-state index in [0.717, 1.165) is 16.8 Å². The maximum Gasteiger partial charge on any atom is 0.0759 e. The first-order valence-electron chi connectivity index (χ1n) is 6.96. The molecule has 0 fully saturated rings. The Morgan fingerprint density at radius 3 is 1.67 bits per heavy atom. The number of aromatic nitrogens is 1. The number of benzene rings is 2. The molecule has 0 spiro atoms. The summed E-state index contributed by atoms with van der Waals surface area (Å²) in [6.07, 6.45) is 1.82. The fourth-order valence-electron chi connectivity index (χ4n) is 2.75. The second-order valence-electron chi connectivity index (χ2n) is 4.99. The summed E-state index contributed by atoms with van der Waals surface area (Å²) in [7, 11) is 0. The van der Waals surface area contributed by atoms with E-state index >= 15 is 0 Å². The molecule has 0 bridgehead atoms. The molecule has 0 unspecified atom stereocenters. The van der Waals surface area contributed by atoms with Gasteiger partial charge < -0.3 is 0 Å². The molecule has 0 aliphatic carbocycles. The molecule has 3 aromatic rings. The van der Waals surface area contributed by atoms with E-state index in [1.165, 1.54) is 0 Å². The molecule has 104 valence electrons. The van der Waals surface area contributed by atoms with Crippen molar-refractivity contribution in [1.82, 2.24) is 4.98 Å². The van der Waals surface area contributed by atoms with Gasteiger partial charge in [0.25, 0.3) is 0 Å². The highest BCUT2D eigenvalue weighted by atomic mass is 35.5. The first-order valence-corrected chi connectivity index (χ1v) is 7.50. The topological polar surface area (TPSA) is 12.9 Å². The van der Waals surface area contributed by atoms with Crippen molar-refractivity contribution >= 4 is 11.6 Å². The van der Waals surface area contributed by atoms with Gasteiger partial charge in [-0.15, -0.1) is 11.6 Å². The van der Waals surface area contributed by atoms with Gasteiger partial charge in [-0.2, -0.15) is 0 Å². The monoisotopic (exact) mass is 293 g/mol. The molecule has 2 heteroatoms. The zero-order chi connectivity index (χ0) is 14.5. The summed E-state index contributed by atoms with van der Waals surface area (Å²) >= 11 is 6.49. The summed E-state index contributed by atoms with van der Waals surface area (Å²) in [6, 6.07) is 26.7. The summed E-state index contributed by atoms with van der Waals surface area (Å²) < 4.78 is 0. The maximum absolute atomic E-state index is 6.49. The lowest BCUT2D eigenvalue weighted by Crippen LogP contribution is -2.32. The van der Waals surface area contributed by atoms with Gasteiger partial charge in [-0.05, 0) is 23.3 Å². The van der Waals surface area contributed by atoms with Crippen LogP contribution in [0.25, 0.3) is 0 Å². The predicted molar refractivity (Wildman–Crippen MR) is 87.7 cm³/mol. The normalized spacial score (nSPS) is 11.3. The molecule has 0 N–H and O–H groups in total. The van der Waals surface area contributed by atoms with Crippen LogP contribution < -0.4 is 0 Å². The van der Waals surface area contributed by atoms with Crippen LogP contribution in [0.3, 0.4) is 0 Å². The lowest BCUT2D eigenvalue weighted by molar-refractivity contribution is 0.673. The third-order valence-corrected chi connectivity index (χ3v) is 4.24. The van der Waals surface area contributed by atoms with Crippen molar-refractivity contribution < 1.29 is 0 Å². The molecule has 0 amide bonds. The Labute approximate surface area is 130 Å². The average molecular weight is 294 g/mol. The number of halogens is 1. The largest absolute Gasteiger partial charge is 0.260 e. The van der Waals surface area contributed by atoms with Crippen LogP contribution in [0.4, 0.5) is 0 Å². The molecule has 0 aliphatic rings. The third-order valence-electron chi connectivity index (χ3n) is 3.84. The molecule has 0 radical (unpaired) electrons. The molecule has 2 aromatic carbocycles. The Hall–Kier alpha value is -2.12. The SMILES string of the molecule is ClCC(c1ccccc1)(c1ccccc1)c1ccccn1. The number of nitrogens with zero attached hydrogens (tertiary/aromatic N) is 1. The van der Waals surface area contributed by atoms with Crippen LogP contribution in [0.2, 0.25) is 0 Å². The highest BCUT2D eigenvalue weighted by Gasteiger charge is 2.36. The van der Waals surface area contributed by atoms with Crippen LogP contribution in [-0.4, -0.2) is 10.9 Å². The van der Waals surface area contributed by atoms with Crippen molar-refractivity contribution in [3.05, 3.63) is 102 Å². The first-order chi connectivity index (χ1) is 10.4. The van der Waals surface area contributed by atoms with Gasteiger partial charge in [-0.25, -0.2) is 0 Å². The minimum absolute atomic E-state index is 0.425. The molecular formula is C19H16ClN. The van der Waals surface area contributed by atoms with Gasteiger partial charge in [0.15, 0.2) is 0 Å². The summed E-state index contributed by atoms with van der Waals surface area (Å²) in [5.41, 5.74) is 2.86. The van der Waals surface area contributed by atoms with E-state index in [1.807, 2.05) is 60.8 Å². The Balaban J connectivity index is 2.29. The lowest BCUT2D eigenvalue weighted by Gasteiger charge is -2.32. The molecule has 0 atom stereocenters. The van der Waals surface area contributed by atoms with Gasteiger partial charge >= 0.3 is 0 Å². The van der Waals surface area contributed by atoms with E-state index in [2.05, 4.69) is 29.2 Å². The molecule has 21 heavy (non-hydrogen) atoms. The second-order valence-corrected chi connectivity index (χ2v) is 5.25. The van der Waals surface area contributed by atoms with Gasteiger partial charge in [-0.1, -0.05) is 66.7 Å². The van der Waals surface area contributed by atoms with Gasteiger partial charge in [-0.3, -0.25) is 4.98 Å². The molecule has 1 nitrogen and oxygen atoms in total. The highest BCUT2D eigenvalue weighted by Crippen LogP contribution is 2.38. The van der Waals surface area contributed by atoms with Crippen LogP contribution in [0, 0.1) is 0 Å². The van der Waals surface area contributed by atoms with Crippen molar-refractivity contribution in [2.75, 3.05) is 5.88 Å². The molecule has 3 rings (SSSR count).